The maximum Gasteiger partial charge on any atom is 0.323 e. The van der Waals surface area contributed by atoms with Crippen LogP contribution in [0.15, 0.2) is 53.8 Å². The average Bonchev–Trinajstić information content (AvgIpc) is 2.88. The molecule has 0 spiro atoms. The van der Waals surface area contributed by atoms with E-state index in [9.17, 15) is 16.8 Å². The number of hydrogen-bond acceptors (Lipinski definition) is 13. The van der Waals surface area contributed by atoms with Crippen molar-refractivity contribution in [3.05, 3.63) is 65.5 Å². The van der Waals surface area contributed by atoms with E-state index in [2.05, 4.69) is 30.5 Å². The Morgan fingerprint density at radius 3 is 2.32 bits per heavy atom. The van der Waals surface area contributed by atoms with Gasteiger partial charge in [-0.05, 0) is 24.6 Å². The second-order valence-electron chi connectivity index (χ2n) is 8.51. The largest absolute Gasteiger partial charge is 0.463 e. The van der Waals surface area contributed by atoms with Crippen LogP contribution in [0, 0.1) is 6.92 Å². The van der Waals surface area contributed by atoms with Crippen molar-refractivity contribution >= 4 is 38.3 Å². The van der Waals surface area contributed by atoms with Crippen molar-refractivity contribution in [2.75, 3.05) is 55.7 Å². The molecule has 0 amide bonds. The molecule has 0 saturated carbocycles. The molecule has 1 aromatic carbocycles. The van der Waals surface area contributed by atoms with Crippen molar-refractivity contribution in [1.29, 1.82) is 0 Å². The molecule has 1 fully saturated rings. The molecule has 0 aliphatic carbocycles. The number of rotatable bonds is 8. The fraction of sp³-hybridized carbons (Fsp3) is 0.375. The second kappa shape index (κ2) is 16.5. The highest BCUT2D eigenvalue weighted by atomic mass is 32.2. The van der Waals surface area contributed by atoms with E-state index in [0.29, 0.717) is 63.7 Å². The molecule has 1 saturated heterocycles. The normalized spacial score (nSPS) is 13.4. The quantitative estimate of drug-likeness (QED) is 0.187. The lowest BCUT2D eigenvalue weighted by molar-refractivity contribution is 0.122. The fourth-order valence-corrected chi connectivity index (χ4v) is 3.07. The molecular weight excluding hydrogens is 578 g/mol. The average molecular weight is 612 g/mol. The number of morpholine rings is 1. The molecule has 15 nitrogen and oxygen atoms in total. The lowest BCUT2D eigenvalue weighted by Crippen LogP contribution is -2.37. The standard InChI is InChI=1S/C22H25N7O2.2CH4O3S/c1-17-5-4-6-18(15-17)16-24-28-20-25-21(29-10-13-30-14-11-29)27-22(26-20)31-12-8-19-7-2-3-9-23-19;2*1-5(2,3)4/h2-7,9,15-16H,8,10-14H2,1H3,(H,25,26,27,28);2*1H3,(H,2,3,4)/b24-16+;;. The van der Waals surface area contributed by atoms with Crippen molar-refractivity contribution in [1.82, 2.24) is 19.9 Å². The van der Waals surface area contributed by atoms with Crippen LogP contribution in [-0.2, 0) is 31.4 Å². The third-order valence-corrected chi connectivity index (χ3v) is 4.63. The van der Waals surface area contributed by atoms with Crippen molar-refractivity contribution in [3.8, 4) is 6.01 Å². The van der Waals surface area contributed by atoms with Gasteiger partial charge in [-0.25, -0.2) is 5.43 Å². The van der Waals surface area contributed by atoms with Gasteiger partial charge in [-0.15, -0.1) is 0 Å². The first-order valence-corrected chi connectivity index (χ1v) is 15.8. The molecule has 0 bridgehead atoms. The highest BCUT2D eigenvalue weighted by Gasteiger charge is 2.17. The molecule has 3 heterocycles. The number of benzene rings is 1. The SMILES string of the molecule is CS(=O)(=O)O.CS(=O)(=O)O.Cc1cccc(/C=N/Nc2nc(OCCc3ccccn3)nc(N3CCOCC3)n2)c1. The summed E-state index contributed by atoms with van der Waals surface area (Å²) in [6, 6.07) is 14.1. The Morgan fingerprint density at radius 1 is 1.02 bits per heavy atom. The molecule has 41 heavy (non-hydrogen) atoms. The van der Waals surface area contributed by atoms with Crippen LogP contribution in [0.3, 0.4) is 0 Å². The minimum atomic E-state index is -3.67. The van der Waals surface area contributed by atoms with Crippen LogP contribution in [0.2, 0.25) is 0 Å². The van der Waals surface area contributed by atoms with Crippen LogP contribution in [0.4, 0.5) is 11.9 Å². The van der Waals surface area contributed by atoms with Crippen molar-refractivity contribution < 1.29 is 35.4 Å². The minimum Gasteiger partial charge on any atom is -0.463 e. The van der Waals surface area contributed by atoms with Gasteiger partial charge in [0.2, 0.25) is 5.95 Å². The molecule has 0 atom stereocenters. The zero-order chi connectivity index (χ0) is 30.3. The number of hydrogen-bond donors (Lipinski definition) is 3. The highest BCUT2D eigenvalue weighted by molar-refractivity contribution is 7.85. The van der Waals surface area contributed by atoms with E-state index in [1.165, 1.54) is 5.56 Å². The van der Waals surface area contributed by atoms with E-state index in [1.54, 1.807) is 12.4 Å². The molecule has 224 valence electrons. The summed E-state index contributed by atoms with van der Waals surface area (Å²) in [5.41, 5.74) is 6.00. The monoisotopic (exact) mass is 611 g/mol. The Morgan fingerprint density at radius 2 is 1.71 bits per heavy atom. The summed E-state index contributed by atoms with van der Waals surface area (Å²) >= 11 is 0. The van der Waals surface area contributed by atoms with E-state index in [0.717, 1.165) is 11.3 Å². The highest BCUT2D eigenvalue weighted by Crippen LogP contribution is 2.16. The second-order valence-corrected chi connectivity index (χ2v) is 11.4. The Bertz CT molecular complexity index is 1420. The molecule has 1 aliphatic heterocycles. The van der Waals surface area contributed by atoms with Gasteiger partial charge in [0.05, 0.1) is 38.5 Å². The smallest absolute Gasteiger partial charge is 0.323 e. The number of anilines is 2. The summed E-state index contributed by atoms with van der Waals surface area (Å²) < 4.78 is 63.0. The summed E-state index contributed by atoms with van der Waals surface area (Å²) in [6.07, 6.45) is 5.59. The van der Waals surface area contributed by atoms with Gasteiger partial charge in [-0.1, -0.05) is 35.9 Å². The summed E-state index contributed by atoms with van der Waals surface area (Å²) in [6.45, 7) is 5.15. The van der Waals surface area contributed by atoms with E-state index < -0.39 is 20.2 Å². The van der Waals surface area contributed by atoms with E-state index in [-0.39, 0.29) is 6.01 Å². The molecule has 2 aromatic heterocycles. The lowest BCUT2D eigenvalue weighted by Gasteiger charge is -2.26. The molecular formula is C24H33N7O8S2. The first-order valence-electron chi connectivity index (χ1n) is 12.1. The minimum absolute atomic E-state index is 0.251. The van der Waals surface area contributed by atoms with Crippen molar-refractivity contribution in [3.63, 3.8) is 0 Å². The predicted molar refractivity (Wildman–Crippen MR) is 154 cm³/mol. The number of aryl methyl sites for hydroxylation is 1. The number of aromatic nitrogens is 4. The molecule has 0 radical (unpaired) electrons. The molecule has 1 aliphatic rings. The predicted octanol–water partition coefficient (Wildman–Crippen LogP) is 1.49. The van der Waals surface area contributed by atoms with Crippen LogP contribution in [0.5, 0.6) is 6.01 Å². The summed E-state index contributed by atoms with van der Waals surface area (Å²) in [7, 11) is -7.33. The third-order valence-electron chi connectivity index (χ3n) is 4.63. The number of hydrazone groups is 1. The first kappa shape index (κ1) is 33.4. The topological polar surface area (TPSA) is 206 Å². The fourth-order valence-electron chi connectivity index (χ4n) is 3.07. The lowest BCUT2D eigenvalue weighted by atomic mass is 10.2. The van der Waals surface area contributed by atoms with Gasteiger partial charge < -0.3 is 14.4 Å². The van der Waals surface area contributed by atoms with Gasteiger partial charge in [0.15, 0.2) is 0 Å². The van der Waals surface area contributed by atoms with Crippen molar-refractivity contribution in [2.45, 2.75) is 13.3 Å². The maximum absolute atomic E-state index is 9.19. The Kier molecular flexibility index (Phi) is 13.4. The molecule has 3 aromatic rings. The van der Waals surface area contributed by atoms with Gasteiger partial charge in [-0.3, -0.25) is 14.1 Å². The van der Waals surface area contributed by atoms with Gasteiger partial charge >= 0.3 is 6.01 Å². The maximum atomic E-state index is 9.19. The number of pyridine rings is 1. The van der Waals surface area contributed by atoms with Crippen LogP contribution in [-0.4, -0.2) is 97.5 Å². The van der Waals surface area contributed by atoms with Crippen LogP contribution in [0.25, 0.3) is 0 Å². The molecule has 0 unspecified atom stereocenters. The molecule has 17 heteroatoms. The number of nitrogens with one attached hydrogen (secondary N) is 1. The van der Waals surface area contributed by atoms with E-state index in [4.69, 9.17) is 18.6 Å². The summed E-state index contributed by atoms with van der Waals surface area (Å²) in [4.78, 5) is 19.7. The van der Waals surface area contributed by atoms with Crippen LogP contribution < -0.4 is 15.1 Å². The van der Waals surface area contributed by atoms with Crippen LogP contribution >= 0.6 is 0 Å². The number of nitrogens with zero attached hydrogens (tertiary/aromatic N) is 6. The van der Waals surface area contributed by atoms with Crippen molar-refractivity contribution in [2.24, 2.45) is 5.10 Å². The van der Waals surface area contributed by atoms with Gasteiger partial charge in [-0.2, -0.15) is 36.9 Å². The third kappa shape index (κ3) is 16.8. The van der Waals surface area contributed by atoms with Gasteiger partial charge in [0.1, 0.15) is 0 Å². The zero-order valence-electron chi connectivity index (χ0n) is 22.8. The first-order chi connectivity index (χ1) is 19.3. The van der Waals surface area contributed by atoms with Crippen LogP contribution in [0.1, 0.15) is 16.8 Å². The Hall–Kier alpha value is -3.77. The summed E-state index contributed by atoms with van der Waals surface area (Å²) in [5.74, 6) is 0.868. The Balaban J connectivity index is 0.000000507. The molecule has 4 rings (SSSR count). The van der Waals surface area contributed by atoms with Gasteiger partial charge in [0, 0.05) is 31.4 Å². The van der Waals surface area contributed by atoms with Gasteiger partial charge in [0.25, 0.3) is 26.2 Å². The Labute approximate surface area is 239 Å². The summed E-state index contributed by atoms with van der Waals surface area (Å²) in [5, 5.41) is 4.27. The van der Waals surface area contributed by atoms with E-state index in [1.807, 2.05) is 54.3 Å². The molecule has 3 N–H and O–H groups in total. The van der Waals surface area contributed by atoms with E-state index >= 15 is 0 Å². The number of ether oxygens (including phenoxy) is 2. The zero-order valence-corrected chi connectivity index (χ0v) is 24.4.